The molecule has 2 aromatic carbocycles. The van der Waals surface area contributed by atoms with Crippen LogP contribution in [-0.4, -0.2) is 43.1 Å². The van der Waals surface area contributed by atoms with Crippen molar-refractivity contribution in [1.82, 2.24) is 5.32 Å². The Morgan fingerprint density at radius 2 is 1.88 bits per heavy atom. The summed E-state index contributed by atoms with van der Waals surface area (Å²) < 4.78 is 10.8. The summed E-state index contributed by atoms with van der Waals surface area (Å²) in [7, 11) is 1.70. The van der Waals surface area contributed by atoms with Crippen LogP contribution in [0.5, 0.6) is 17.2 Å². The van der Waals surface area contributed by atoms with Gasteiger partial charge in [-0.3, -0.25) is 0 Å². The van der Waals surface area contributed by atoms with Gasteiger partial charge in [0.15, 0.2) is 0 Å². The summed E-state index contributed by atoms with van der Waals surface area (Å²) in [5, 5.41) is 22.7. The minimum atomic E-state index is -0.566. The molecule has 0 saturated heterocycles. The number of aliphatic hydroxyl groups excluding tert-OH is 1. The minimum absolute atomic E-state index is 0.201. The van der Waals surface area contributed by atoms with E-state index in [1.807, 2.05) is 6.07 Å². The molecule has 0 fully saturated rings. The summed E-state index contributed by atoms with van der Waals surface area (Å²) in [4.78, 5) is 0. The van der Waals surface area contributed by atoms with Gasteiger partial charge in [-0.1, -0.05) is 6.07 Å². The molecule has 0 heterocycles. The smallest absolute Gasteiger partial charge is 0.119 e. The van der Waals surface area contributed by atoms with E-state index in [4.69, 9.17) is 9.47 Å². The molecule has 1 unspecified atom stereocenters. The highest BCUT2D eigenvalue weighted by Gasteiger charge is 2.19. The zero-order valence-corrected chi connectivity index (χ0v) is 15.1. The van der Waals surface area contributed by atoms with Gasteiger partial charge < -0.3 is 25.0 Å². The molecule has 2 atom stereocenters. The van der Waals surface area contributed by atoms with Gasteiger partial charge in [-0.25, -0.2) is 0 Å². The van der Waals surface area contributed by atoms with Crippen LogP contribution in [0.2, 0.25) is 0 Å². The van der Waals surface area contributed by atoms with Crippen LogP contribution in [0.3, 0.4) is 0 Å². The first-order chi connectivity index (χ1) is 12.6. The number of ether oxygens (including phenoxy) is 2. The Bertz CT molecular complexity index is 702. The fourth-order valence-corrected chi connectivity index (χ4v) is 3.36. The first-order valence-electron chi connectivity index (χ1n) is 9.10. The number of phenols is 1. The summed E-state index contributed by atoms with van der Waals surface area (Å²) in [6, 6.07) is 12.8. The Morgan fingerprint density at radius 1 is 1.12 bits per heavy atom. The maximum Gasteiger partial charge on any atom is 0.119 e. The fraction of sp³-hybridized carbons (Fsp3) is 0.429. The molecule has 2 aromatic rings. The second kappa shape index (κ2) is 8.92. The van der Waals surface area contributed by atoms with E-state index in [1.54, 1.807) is 31.4 Å². The van der Waals surface area contributed by atoms with Crippen LogP contribution in [-0.2, 0) is 12.8 Å². The van der Waals surface area contributed by atoms with E-state index in [0.717, 1.165) is 31.6 Å². The van der Waals surface area contributed by atoms with Crippen LogP contribution in [0, 0.1) is 5.92 Å². The van der Waals surface area contributed by atoms with Crippen molar-refractivity contribution in [3.8, 4) is 17.2 Å². The number of aromatic hydroxyl groups is 1. The molecule has 0 radical (unpaired) electrons. The molecule has 0 saturated carbocycles. The molecule has 5 nitrogen and oxygen atoms in total. The molecular weight excluding hydrogens is 330 g/mol. The van der Waals surface area contributed by atoms with Gasteiger partial charge in [-0.15, -0.1) is 0 Å². The number of aliphatic hydroxyl groups is 1. The van der Waals surface area contributed by atoms with Crippen molar-refractivity contribution in [2.24, 2.45) is 5.92 Å². The molecule has 1 aliphatic carbocycles. The van der Waals surface area contributed by atoms with Crippen molar-refractivity contribution in [2.45, 2.75) is 25.4 Å². The van der Waals surface area contributed by atoms with Crippen molar-refractivity contribution in [3.05, 3.63) is 53.6 Å². The van der Waals surface area contributed by atoms with E-state index in [0.29, 0.717) is 18.2 Å². The average Bonchev–Trinajstić information content (AvgIpc) is 2.67. The van der Waals surface area contributed by atoms with E-state index < -0.39 is 6.10 Å². The first kappa shape index (κ1) is 18.5. The van der Waals surface area contributed by atoms with E-state index in [-0.39, 0.29) is 12.4 Å². The van der Waals surface area contributed by atoms with Gasteiger partial charge in [0.05, 0.1) is 7.11 Å². The Morgan fingerprint density at radius 3 is 2.65 bits per heavy atom. The van der Waals surface area contributed by atoms with Crippen LogP contribution in [0.25, 0.3) is 0 Å². The Balaban J connectivity index is 1.37. The SMILES string of the molecule is COc1ccc2c(c1)CCC(CNC[C@@H](O)COc1ccc(O)cc1)C2. The molecular formula is C21H27NO4. The maximum absolute atomic E-state index is 10.1. The summed E-state index contributed by atoms with van der Waals surface area (Å²) >= 11 is 0. The third-order valence-corrected chi connectivity index (χ3v) is 4.84. The topological polar surface area (TPSA) is 71.0 Å². The van der Waals surface area contributed by atoms with Gasteiger partial charge in [-0.05, 0) is 79.3 Å². The predicted octanol–water partition coefficient (Wildman–Crippen LogP) is 2.54. The highest BCUT2D eigenvalue weighted by Crippen LogP contribution is 2.28. The molecule has 0 aromatic heterocycles. The third kappa shape index (κ3) is 5.13. The molecule has 140 valence electrons. The van der Waals surface area contributed by atoms with Crippen LogP contribution in [0.15, 0.2) is 42.5 Å². The largest absolute Gasteiger partial charge is 0.508 e. The van der Waals surface area contributed by atoms with Gasteiger partial charge in [0, 0.05) is 6.54 Å². The molecule has 3 rings (SSSR count). The quantitative estimate of drug-likeness (QED) is 0.677. The maximum atomic E-state index is 10.1. The zero-order valence-electron chi connectivity index (χ0n) is 15.1. The third-order valence-electron chi connectivity index (χ3n) is 4.84. The second-order valence-electron chi connectivity index (χ2n) is 6.86. The number of hydrogen-bond donors (Lipinski definition) is 3. The number of benzene rings is 2. The van der Waals surface area contributed by atoms with Crippen molar-refractivity contribution in [1.29, 1.82) is 0 Å². The number of nitrogens with one attached hydrogen (secondary N) is 1. The standard InChI is InChI=1S/C21H27NO4/c1-25-21-7-4-16-10-15(2-3-17(16)11-21)12-22-13-19(24)14-26-20-8-5-18(23)6-9-20/h4-9,11,15,19,22-24H,2-3,10,12-14H2,1H3/t15?,19-/m1/s1. The fourth-order valence-electron chi connectivity index (χ4n) is 3.36. The molecule has 0 amide bonds. The van der Waals surface area contributed by atoms with E-state index in [1.165, 1.54) is 11.1 Å². The Kier molecular flexibility index (Phi) is 6.36. The van der Waals surface area contributed by atoms with Crippen molar-refractivity contribution in [2.75, 3.05) is 26.8 Å². The molecule has 0 aliphatic heterocycles. The number of methoxy groups -OCH3 is 1. The van der Waals surface area contributed by atoms with Crippen molar-refractivity contribution in [3.63, 3.8) is 0 Å². The minimum Gasteiger partial charge on any atom is -0.508 e. The van der Waals surface area contributed by atoms with Gasteiger partial charge in [0.1, 0.15) is 30.0 Å². The van der Waals surface area contributed by atoms with E-state index in [9.17, 15) is 10.2 Å². The lowest BCUT2D eigenvalue weighted by Crippen LogP contribution is -2.35. The first-order valence-corrected chi connectivity index (χ1v) is 9.10. The van der Waals surface area contributed by atoms with Crippen LogP contribution >= 0.6 is 0 Å². The number of hydrogen-bond acceptors (Lipinski definition) is 5. The lowest BCUT2D eigenvalue weighted by molar-refractivity contribution is 0.105. The summed E-state index contributed by atoms with van der Waals surface area (Å²) in [5.74, 6) is 2.35. The summed E-state index contributed by atoms with van der Waals surface area (Å²) in [5.41, 5.74) is 2.79. The Labute approximate surface area is 154 Å². The average molecular weight is 357 g/mol. The van der Waals surface area contributed by atoms with Crippen LogP contribution < -0.4 is 14.8 Å². The normalized spacial score (nSPS) is 17.4. The lowest BCUT2D eigenvalue weighted by atomic mass is 9.84. The summed E-state index contributed by atoms with van der Waals surface area (Å²) in [6.45, 7) is 1.62. The van der Waals surface area contributed by atoms with E-state index >= 15 is 0 Å². The molecule has 1 aliphatic rings. The second-order valence-corrected chi connectivity index (χ2v) is 6.86. The lowest BCUT2D eigenvalue weighted by Gasteiger charge is -2.25. The van der Waals surface area contributed by atoms with Gasteiger partial charge in [-0.2, -0.15) is 0 Å². The molecule has 0 spiro atoms. The van der Waals surface area contributed by atoms with Crippen molar-refractivity contribution < 1.29 is 19.7 Å². The molecule has 0 bridgehead atoms. The number of aryl methyl sites for hydroxylation is 1. The number of rotatable bonds is 8. The van der Waals surface area contributed by atoms with E-state index in [2.05, 4.69) is 17.4 Å². The predicted molar refractivity (Wildman–Crippen MR) is 101 cm³/mol. The number of fused-ring (bicyclic) bond motifs is 1. The monoisotopic (exact) mass is 357 g/mol. The van der Waals surface area contributed by atoms with Gasteiger partial charge in [0.25, 0.3) is 0 Å². The summed E-state index contributed by atoms with van der Waals surface area (Å²) in [6.07, 6.45) is 2.72. The molecule has 5 heteroatoms. The van der Waals surface area contributed by atoms with Gasteiger partial charge >= 0.3 is 0 Å². The Hall–Kier alpha value is -2.24. The van der Waals surface area contributed by atoms with Crippen LogP contribution in [0.1, 0.15) is 17.5 Å². The molecule has 26 heavy (non-hydrogen) atoms. The van der Waals surface area contributed by atoms with Gasteiger partial charge in [0.2, 0.25) is 0 Å². The highest BCUT2D eigenvalue weighted by atomic mass is 16.5. The van der Waals surface area contributed by atoms with Crippen molar-refractivity contribution >= 4 is 0 Å². The number of phenolic OH excluding ortho intramolecular Hbond substituents is 1. The zero-order chi connectivity index (χ0) is 18.4. The highest BCUT2D eigenvalue weighted by molar-refractivity contribution is 5.37. The molecule has 3 N–H and O–H groups in total. The van der Waals surface area contributed by atoms with Crippen LogP contribution in [0.4, 0.5) is 0 Å².